The molecule has 0 atom stereocenters. The molecule has 1 aliphatic heterocycles. The molecule has 0 N–H and O–H groups in total. The molecule has 3 aromatic carbocycles. The van der Waals surface area contributed by atoms with E-state index in [1.54, 1.807) is 30.3 Å². The summed E-state index contributed by atoms with van der Waals surface area (Å²) in [6, 6.07) is 21.7. The Labute approximate surface area is 189 Å². The van der Waals surface area contributed by atoms with Gasteiger partial charge in [-0.15, -0.1) is 0 Å². The lowest BCUT2D eigenvalue weighted by atomic mass is 10.2. The zero-order valence-corrected chi connectivity index (χ0v) is 18.2. The standard InChI is InChI=1S/C24H18ClNO4S/c1-29-21-9-5-4-8-20(21)26-23(27)22(31-24(26)28)14-16-10-12-18(13-11-16)30-15-17-6-2-3-7-19(17)25/h2-14H,15H2,1H3/b22-14-. The molecule has 1 heterocycles. The van der Waals surface area contributed by atoms with Gasteiger partial charge >= 0.3 is 0 Å². The van der Waals surface area contributed by atoms with E-state index in [1.807, 2.05) is 48.5 Å². The number of nitrogens with zero attached hydrogens (tertiary/aromatic N) is 1. The third-order valence-corrected chi connectivity index (χ3v) is 5.89. The van der Waals surface area contributed by atoms with Gasteiger partial charge in [0, 0.05) is 10.6 Å². The van der Waals surface area contributed by atoms with Crippen LogP contribution in [-0.4, -0.2) is 18.3 Å². The number of imide groups is 1. The van der Waals surface area contributed by atoms with Crippen molar-refractivity contribution in [1.82, 2.24) is 0 Å². The fourth-order valence-corrected chi connectivity index (χ4v) is 4.10. The van der Waals surface area contributed by atoms with Crippen molar-refractivity contribution < 1.29 is 19.1 Å². The molecule has 2 amide bonds. The van der Waals surface area contributed by atoms with Gasteiger partial charge in [0.2, 0.25) is 0 Å². The molecule has 0 aliphatic carbocycles. The molecule has 156 valence electrons. The van der Waals surface area contributed by atoms with Crippen LogP contribution in [-0.2, 0) is 11.4 Å². The molecule has 1 fully saturated rings. The second-order valence-electron chi connectivity index (χ2n) is 6.64. The maximum atomic E-state index is 12.9. The van der Waals surface area contributed by atoms with Gasteiger partial charge in [-0.2, -0.15) is 0 Å². The van der Waals surface area contributed by atoms with E-state index in [1.165, 1.54) is 7.11 Å². The van der Waals surface area contributed by atoms with E-state index in [-0.39, 0.29) is 11.1 Å². The first-order valence-corrected chi connectivity index (χ1v) is 10.6. The van der Waals surface area contributed by atoms with Crippen LogP contribution >= 0.6 is 23.4 Å². The van der Waals surface area contributed by atoms with Crippen LogP contribution in [0.4, 0.5) is 10.5 Å². The Morgan fingerprint density at radius 2 is 1.68 bits per heavy atom. The SMILES string of the molecule is COc1ccccc1N1C(=O)S/C(=C\c2ccc(OCc3ccccc3Cl)cc2)C1=O. The number of para-hydroxylation sites is 2. The number of anilines is 1. The predicted molar refractivity (Wildman–Crippen MR) is 124 cm³/mol. The quantitative estimate of drug-likeness (QED) is 0.419. The van der Waals surface area contributed by atoms with Gasteiger partial charge in [-0.1, -0.05) is 54.1 Å². The zero-order chi connectivity index (χ0) is 21.8. The molecular formula is C24H18ClNO4S. The molecular weight excluding hydrogens is 434 g/mol. The van der Waals surface area contributed by atoms with Gasteiger partial charge in [0.15, 0.2) is 0 Å². The van der Waals surface area contributed by atoms with Crippen LogP contribution in [0.25, 0.3) is 6.08 Å². The van der Waals surface area contributed by atoms with E-state index in [4.69, 9.17) is 21.1 Å². The second kappa shape index (κ2) is 9.29. The number of amides is 2. The Balaban J connectivity index is 1.48. The molecule has 3 aromatic rings. The Bertz CT molecular complexity index is 1160. The van der Waals surface area contributed by atoms with Gasteiger partial charge in [-0.3, -0.25) is 9.59 Å². The first-order valence-electron chi connectivity index (χ1n) is 9.44. The van der Waals surface area contributed by atoms with Crippen LogP contribution < -0.4 is 14.4 Å². The van der Waals surface area contributed by atoms with Crippen molar-refractivity contribution in [3.63, 3.8) is 0 Å². The molecule has 1 saturated heterocycles. The topological polar surface area (TPSA) is 55.8 Å². The van der Waals surface area contributed by atoms with Gasteiger partial charge in [-0.05, 0) is 53.7 Å². The Hall–Kier alpha value is -3.22. The summed E-state index contributed by atoms with van der Waals surface area (Å²) < 4.78 is 11.1. The number of hydrogen-bond donors (Lipinski definition) is 0. The van der Waals surface area contributed by atoms with E-state index in [9.17, 15) is 9.59 Å². The minimum absolute atomic E-state index is 0.348. The molecule has 0 unspecified atom stereocenters. The number of rotatable bonds is 6. The van der Waals surface area contributed by atoms with Gasteiger partial charge in [0.1, 0.15) is 18.1 Å². The van der Waals surface area contributed by atoms with E-state index in [2.05, 4.69) is 0 Å². The van der Waals surface area contributed by atoms with Crippen molar-refractivity contribution in [3.8, 4) is 11.5 Å². The second-order valence-corrected chi connectivity index (χ2v) is 8.04. The summed E-state index contributed by atoms with van der Waals surface area (Å²) in [7, 11) is 1.50. The Morgan fingerprint density at radius 1 is 0.968 bits per heavy atom. The third kappa shape index (κ3) is 4.60. The summed E-state index contributed by atoms with van der Waals surface area (Å²) in [5.74, 6) is 0.767. The lowest BCUT2D eigenvalue weighted by molar-refractivity contribution is -0.113. The van der Waals surface area contributed by atoms with Crippen molar-refractivity contribution >= 4 is 46.3 Å². The van der Waals surface area contributed by atoms with Gasteiger partial charge in [0.05, 0.1) is 17.7 Å². The van der Waals surface area contributed by atoms with Gasteiger partial charge in [-0.25, -0.2) is 4.90 Å². The molecule has 1 aliphatic rings. The van der Waals surface area contributed by atoms with Crippen LogP contribution in [0.2, 0.25) is 5.02 Å². The monoisotopic (exact) mass is 451 g/mol. The van der Waals surface area contributed by atoms with Crippen molar-refractivity contribution in [2.75, 3.05) is 12.0 Å². The average Bonchev–Trinajstić information content (AvgIpc) is 3.06. The summed E-state index contributed by atoms with van der Waals surface area (Å²) >= 11 is 7.05. The number of hydrogen-bond acceptors (Lipinski definition) is 5. The fourth-order valence-electron chi connectivity index (χ4n) is 3.08. The van der Waals surface area contributed by atoms with E-state index in [0.29, 0.717) is 33.7 Å². The number of halogens is 1. The molecule has 0 aromatic heterocycles. The number of methoxy groups -OCH3 is 1. The minimum atomic E-state index is -0.376. The van der Waals surface area contributed by atoms with E-state index >= 15 is 0 Å². The summed E-state index contributed by atoms with van der Waals surface area (Å²) in [5, 5.41) is 0.297. The molecule has 0 radical (unpaired) electrons. The average molecular weight is 452 g/mol. The summed E-state index contributed by atoms with van der Waals surface area (Å²) in [4.78, 5) is 26.8. The number of carbonyl (C=O) groups excluding carboxylic acids is 2. The maximum absolute atomic E-state index is 12.9. The smallest absolute Gasteiger partial charge is 0.298 e. The lowest BCUT2D eigenvalue weighted by Crippen LogP contribution is -2.28. The first-order chi connectivity index (χ1) is 15.1. The van der Waals surface area contributed by atoms with Crippen LogP contribution in [0, 0.1) is 0 Å². The molecule has 4 rings (SSSR count). The number of thioether (sulfide) groups is 1. The number of carbonyl (C=O) groups is 2. The third-order valence-electron chi connectivity index (χ3n) is 4.65. The molecule has 0 saturated carbocycles. The Morgan fingerprint density at radius 3 is 2.42 bits per heavy atom. The van der Waals surface area contributed by atoms with Crippen molar-refractivity contribution in [3.05, 3.63) is 93.9 Å². The molecule has 31 heavy (non-hydrogen) atoms. The predicted octanol–water partition coefficient (Wildman–Crippen LogP) is 6.17. The van der Waals surface area contributed by atoms with E-state index < -0.39 is 0 Å². The number of benzene rings is 3. The van der Waals surface area contributed by atoms with Gasteiger partial charge < -0.3 is 9.47 Å². The zero-order valence-electron chi connectivity index (χ0n) is 16.6. The van der Waals surface area contributed by atoms with Crippen molar-refractivity contribution in [1.29, 1.82) is 0 Å². The highest BCUT2D eigenvalue weighted by Crippen LogP contribution is 2.39. The molecule has 0 spiro atoms. The molecule has 5 nitrogen and oxygen atoms in total. The number of ether oxygens (including phenoxy) is 2. The van der Waals surface area contributed by atoms with Crippen LogP contribution in [0.15, 0.2) is 77.7 Å². The van der Waals surface area contributed by atoms with Gasteiger partial charge in [0.25, 0.3) is 11.1 Å². The normalized spacial score (nSPS) is 14.9. The summed E-state index contributed by atoms with van der Waals surface area (Å²) in [5.41, 5.74) is 2.12. The minimum Gasteiger partial charge on any atom is -0.495 e. The van der Waals surface area contributed by atoms with Crippen LogP contribution in [0.3, 0.4) is 0 Å². The van der Waals surface area contributed by atoms with Crippen molar-refractivity contribution in [2.45, 2.75) is 6.61 Å². The first kappa shape index (κ1) is 21.0. The highest BCUT2D eigenvalue weighted by Gasteiger charge is 2.37. The van der Waals surface area contributed by atoms with Crippen LogP contribution in [0.1, 0.15) is 11.1 Å². The molecule has 0 bridgehead atoms. The lowest BCUT2D eigenvalue weighted by Gasteiger charge is -2.15. The van der Waals surface area contributed by atoms with Crippen LogP contribution in [0.5, 0.6) is 11.5 Å². The molecule has 7 heteroatoms. The summed E-state index contributed by atoms with van der Waals surface area (Å²) in [6.07, 6.45) is 1.69. The fraction of sp³-hybridized carbons (Fsp3) is 0.0833. The highest BCUT2D eigenvalue weighted by molar-refractivity contribution is 8.19. The summed E-state index contributed by atoms with van der Waals surface area (Å²) in [6.45, 7) is 0.358. The van der Waals surface area contributed by atoms with E-state index in [0.717, 1.165) is 27.8 Å². The largest absolute Gasteiger partial charge is 0.495 e. The highest BCUT2D eigenvalue weighted by atomic mass is 35.5. The Kier molecular flexibility index (Phi) is 6.30. The van der Waals surface area contributed by atoms with Crippen molar-refractivity contribution in [2.24, 2.45) is 0 Å². The maximum Gasteiger partial charge on any atom is 0.298 e.